The summed E-state index contributed by atoms with van der Waals surface area (Å²) in [6.07, 6.45) is 1.70. The van der Waals surface area contributed by atoms with E-state index in [2.05, 4.69) is 11.8 Å². The van der Waals surface area contributed by atoms with Gasteiger partial charge in [-0.2, -0.15) is 0 Å². The summed E-state index contributed by atoms with van der Waals surface area (Å²) in [5.41, 5.74) is 4.88. The third-order valence-corrected chi connectivity index (χ3v) is 3.32. The zero-order valence-corrected chi connectivity index (χ0v) is 12.6. The molecule has 0 radical (unpaired) electrons. The van der Waals surface area contributed by atoms with Crippen molar-refractivity contribution in [2.24, 2.45) is 5.73 Å². The maximum atomic E-state index is 12.8. The zero-order valence-electron chi connectivity index (χ0n) is 12.6. The van der Waals surface area contributed by atoms with Crippen LogP contribution in [0.1, 0.15) is 19.3 Å². The number of hydrogen-bond acceptors (Lipinski definition) is 4. The molecular formula is C16H19FN2O4. The highest BCUT2D eigenvalue weighted by Gasteiger charge is 2.24. The number of nitrogens with zero attached hydrogens (tertiary/aromatic N) is 1. The minimum absolute atomic E-state index is 0.0562. The molecule has 3 N–H and O–H groups in total. The third kappa shape index (κ3) is 5.77. The van der Waals surface area contributed by atoms with Crippen molar-refractivity contribution >= 4 is 6.03 Å². The summed E-state index contributed by atoms with van der Waals surface area (Å²) in [4.78, 5) is 10.6. The summed E-state index contributed by atoms with van der Waals surface area (Å²) in [6, 6.07) is 4.93. The molecule has 23 heavy (non-hydrogen) atoms. The fraction of sp³-hybridized carbons (Fsp3) is 0.438. The molecule has 1 fully saturated rings. The van der Waals surface area contributed by atoms with Crippen LogP contribution in [-0.4, -0.2) is 41.7 Å². The molecule has 0 spiro atoms. The van der Waals surface area contributed by atoms with E-state index in [-0.39, 0.29) is 24.6 Å². The molecule has 1 aliphatic rings. The Morgan fingerprint density at radius 3 is 2.87 bits per heavy atom. The maximum Gasteiger partial charge on any atom is 0.338 e. The van der Waals surface area contributed by atoms with E-state index >= 15 is 0 Å². The van der Waals surface area contributed by atoms with Crippen LogP contribution >= 0.6 is 0 Å². The third-order valence-electron chi connectivity index (χ3n) is 3.32. The van der Waals surface area contributed by atoms with E-state index in [9.17, 15) is 9.18 Å². The number of nitrogens with two attached hydrogens (primary N) is 1. The number of primary amides is 1. The normalized spacial score (nSPS) is 19.7. The van der Waals surface area contributed by atoms with Crippen molar-refractivity contribution < 1.29 is 23.9 Å². The number of hydroxylamine groups is 2. The lowest BCUT2D eigenvalue weighted by molar-refractivity contribution is -0.0373. The molecule has 1 saturated heterocycles. The molecule has 1 heterocycles. The van der Waals surface area contributed by atoms with Gasteiger partial charge in [0.15, 0.2) is 0 Å². The summed E-state index contributed by atoms with van der Waals surface area (Å²) in [5.74, 6) is 6.08. The van der Waals surface area contributed by atoms with Gasteiger partial charge in [-0.25, -0.2) is 14.2 Å². The first-order chi connectivity index (χ1) is 11.0. The van der Waals surface area contributed by atoms with E-state index in [1.54, 1.807) is 12.1 Å². The topological polar surface area (TPSA) is 85.0 Å². The number of halogens is 1. The van der Waals surface area contributed by atoms with Crippen molar-refractivity contribution in [1.82, 2.24) is 5.06 Å². The monoisotopic (exact) mass is 322 g/mol. The molecule has 0 saturated carbocycles. The minimum atomic E-state index is -0.901. The van der Waals surface area contributed by atoms with Gasteiger partial charge in [-0.15, -0.1) is 0 Å². The Hall–Kier alpha value is -2.30. The first-order valence-corrected chi connectivity index (χ1v) is 7.32. The average Bonchev–Trinajstić information content (AvgIpc) is 2.98. The Kier molecular flexibility index (Phi) is 6.20. The standard InChI is InChI=1S/C16H19FN2O4/c17-12-4-6-13(7-5-12)22-11-15-9-8-14(23-15)3-1-2-10-19(21)16(18)20/h4-7,14-15,21H,2,8-11H2,(H2,18,20)/t14-,15+/m0/s1. The van der Waals surface area contributed by atoms with Gasteiger partial charge in [-0.3, -0.25) is 5.21 Å². The summed E-state index contributed by atoms with van der Waals surface area (Å²) in [7, 11) is 0. The quantitative estimate of drug-likeness (QED) is 0.493. The van der Waals surface area contributed by atoms with Crippen LogP contribution in [0.3, 0.4) is 0 Å². The van der Waals surface area contributed by atoms with E-state index in [1.165, 1.54) is 12.1 Å². The molecular weight excluding hydrogens is 303 g/mol. The molecule has 1 aliphatic heterocycles. The van der Waals surface area contributed by atoms with Gasteiger partial charge in [0.05, 0.1) is 12.6 Å². The number of ether oxygens (including phenoxy) is 2. The predicted octanol–water partition coefficient (Wildman–Crippen LogP) is 1.92. The first-order valence-electron chi connectivity index (χ1n) is 7.32. The minimum Gasteiger partial charge on any atom is -0.491 e. The van der Waals surface area contributed by atoms with Crippen LogP contribution in [0.4, 0.5) is 9.18 Å². The molecule has 0 bridgehead atoms. The van der Waals surface area contributed by atoms with Crippen molar-refractivity contribution in [3.8, 4) is 17.6 Å². The van der Waals surface area contributed by atoms with Crippen LogP contribution in [-0.2, 0) is 4.74 Å². The smallest absolute Gasteiger partial charge is 0.338 e. The maximum absolute atomic E-state index is 12.8. The predicted molar refractivity (Wildman–Crippen MR) is 80.3 cm³/mol. The van der Waals surface area contributed by atoms with E-state index in [0.717, 1.165) is 12.8 Å². The Balaban J connectivity index is 1.68. The second-order valence-electron chi connectivity index (χ2n) is 5.12. The number of rotatable bonds is 5. The molecule has 0 unspecified atom stereocenters. The van der Waals surface area contributed by atoms with Crippen molar-refractivity contribution in [2.45, 2.75) is 31.5 Å². The summed E-state index contributed by atoms with van der Waals surface area (Å²) in [6.45, 7) is 0.446. The van der Waals surface area contributed by atoms with Gasteiger partial charge in [0.25, 0.3) is 0 Å². The van der Waals surface area contributed by atoms with Gasteiger partial charge < -0.3 is 15.2 Å². The zero-order chi connectivity index (χ0) is 16.7. The molecule has 0 aromatic heterocycles. The molecule has 0 aliphatic carbocycles. The van der Waals surface area contributed by atoms with Gasteiger partial charge in [0, 0.05) is 6.42 Å². The molecule has 2 atom stereocenters. The fourth-order valence-electron chi connectivity index (χ4n) is 2.11. The Morgan fingerprint density at radius 2 is 2.17 bits per heavy atom. The average molecular weight is 322 g/mol. The number of carbonyl (C=O) groups is 1. The summed E-state index contributed by atoms with van der Waals surface area (Å²) >= 11 is 0. The SMILES string of the molecule is NC(=O)N(O)CCC#C[C@H]1CC[C@H](COc2ccc(F)cc2)O1. The van der Waals surface area contributed by atoms with Gasteiger partial charge in [-0.05, 0) is 37.1 Å². The van der Waals surface area contributed by atoms with E-state index in [4.69, 9.17) is 20.4 Å². The van der Waals surface area contributed by atoms with Crippen molar-refractivity contribution in [3.05, 3.63) is 30.1 Å². The second kappa shape index (κ2) is 8.36. The highest BCUT2D eigenvalue weighted by molar-refractivity contribution is 5.70. The van der Waals surface area contributed by atoms with E-state index < -0.39 is 6.03 Å². The largest absolute Gasteiger partial charge is 0.491 e. The first kappa shape index (κ1) is 17.1. The van der Waals surface area contributed by atoms with E-state index in [1.807, 2.05) is 0 Å². The van der Waals surface area contributed by atoms with Crippen LogP contribution < -0.4 is 10.5 Å². The molecule has 6 nitrogen and oxygen atoms in total. The van der Waals surface area contributed by atoms with Crippen molar-refractivity contribution in [2.75, 3.05) is 13.2 Å². The Morgan fingerprint density at radius 1 is 1.43 bits per heavy atom. The molecule has 2 amide bonds. The highest BCUT2D eigenvalue weighted by Crippen LogP contribution is 2.20. The van der Waals surface area contributed by atoms with Crippen LogP contribution in [0.25, 0.3) is 0 Å². The Bertz CT molecular complexity index is 582. The second-order valence-corrected chi connectivity index (χ2v) is 5.12. The lowest BCUT2D eigenvalue weighted by atomic mass is 10.2. The highest BCUT2D eigenvalue weighted by atomic mass is 19.1. The molecule has 7 heteroatoms. The Labute approximate surface area is 133 Å². The van der Waals surface area contributed by atoms with Crippen LogP contribution in [0, 0.1) is 17.7 Å². The number of amides is 2. The number of benzene rings is 1. The van der Waals surface area contributed by atoms with Crippen LogP contribution in [0.5, 0.6) is 5.75 Å². The number of carbonyl (C=O) groups excluding carboxylic acids is 1. The lowest BCUT2D eigenvalue weighted by Crippen LogP contribution is -2.33. The number of hydrogen-bond donors (Lipinski definition) is 2. The van der Waals surface area contributed by atoms with Gasteiger partial charge in [0.2, 0.25) is 0 Å². The number of urea groups is 1. The molecule has 2 rings (SSSR count). The molecule has 1 aromatic rings. The van der Waals surface area contributed by atoms with Gasteiger partial charge in [-0.1, -0.05) is 11.8 Å². The van der Waals surface area contributed by atoms with Crippen LogP contribution in [0.15, 0.2) is 24.3 Å². The van der Waals surface area contributed by atoms with E-state index in [0.29, 0.717) is 23.8 Å². The van der Waals surface area contributed by atoms with Crippen molar-refractivity contribution in [1.29, 1.82) is 0 Å². The lowest BCUT2D eigenvalue weighted by Gasteiger charge is -2.12. The molecule has 124 valence electrons. The fourth-order valence-corrected chi connectivity index (χ4v) is 2.11. The van der Waals surface area contributed by atoms with Crippen LogP contribution in [0.2, 0.25) is 0 Å². The van der Waals surface area contributed by atoms with Gasteiger partial charge >= 0.3 is 6.03 Å². The summed E-state index contributed by atoms with van der Waals surface area (Å²) in [5, 5.41) is 9.50. The summed E-state index contributed by atoms with van der Waals surface area (Å²) < 4.78 is 24.0. The molecule has 1 aromatic carbocycles. The van der Waals surface area contributed by atoms with Crippen molar-refractivity contribution in [3.63, 3.8) is 0 Å². The van der Waals surface area contributed by atoms with Gasteiger partial charge in [0.1, 0.15) is 24.3 Å².